The molecular weight excluding hydrogens is 186 g/mol. The lowest BCUT2D eigenvalue weighted by Gasteiger charge is -2.36. The van der Waals surface area contributed by atoms with E-state index in [4.69, 9.17) is 5.73 Å². The highest BCUT2D eigenvalue weighted by atomic mass is 15.2. The second-order valence-corrected chi connectivity index (χ2v) is 4.52. The van der Waals surface area contributed by atoms with E-state index in [9.17, 15) is 0 Å². The van der Waals surface area contributed by atoms with Crippen LogP contribution in [0.15, 0.2) is 18.3 Å². The molecule has 2 N–H and O–H groups in total. The second kappa shape index (κ2) is 4.19. The van der Waals surface area contributed by atoms with Crippen molar-refractivity contribution >= 4 is 5.82 Å². The molecule has 1 aromatic rings. The molecule has 1 aliphatic heterocycles. The topological polar surface area (TPSA) is 42.2 Å². The highest BCUT2D eigenvalue weighted by molar-refractivity contribution is 5.46. The zero-order valence-electron chi connectivity index (χ0n) is 9.48. The molecule has 1 aromatic heterocycles. The molecule has 0 radical (unpaired) electrons. The van der Waals surface area contributed by atoms with Crippen LogP contribution in [0.3, 0.4) is 0 Å². The molecule has 2 heterocycles. The summed E-state index contributed by atoms with van der Waals surface area (Å²) in [5.41, 5.74) is 7.26. The first kappa shape index (κ1) is 10.4. The molecule has 0 spiro atoms. The maximum absolute atomic E-state index is 6.01. The fourth-order valence-electron chi connectivity index (χ4n) is 2.16. The molecule has 0 aromatic carbocycles. The maximum atomic E-state index is 6.01. The van der Waals surface area contributed by atoms with Crippen molar-refractivity contribution in [3.63, 3.8) is 0 Å². The molecule has 2 unspecified atom stereocenters. The summed E-state index contributed by atoms with van der Waals surface area (Å²) in [7, 11) is 0. The molecule has 3 heteroatoms. The lowest BCUT2D eigenvalue weighted by molar-refractivity contribution is 0.381. The number of aromatic nitrogens is 1. The number of hydrogen-bond donors (Lipinski definition) is 1. The second-order valence-electron chi connectivity index (χ2n) is 4.52. The average Bonchev–Trinajstić information content (AvgIpc) is 2.23. The summed E-state index contributed by atoms with van der Waals surface area (Å²) in [6, 6.07) is 4.45. The molecule has 82 valence electrons. The maximum Gasteiger partial charge on any atom is 0.131 e. The molecule has 3 nitrogen and oxygen atoms in total. The number of nitrogens with zero attached hydrogens (tertiary/aromatic N) is 2. The Bertz CT molecular complexity index is 337. The van der Waals surface area contributed by atoms with Gasteiger partial charge in [-0.15, -0.1) is 0 Å². The fraction of sp³-hybridized carbons (Fsp3) is 0.583. The number of pyridine rings is 1. The number of aryl methyl sites for hydroxylation is 1. The minimum absolute atomic E-state index is 0.352. The van der Waals surface area contributed by atoms with Gasteiger partial charge in [-0.1, -0.05) is 13.0 Å². The zero-order valence-corrected chi connectivity index (χ0v) is 9.48. The minimum atomic E-state index is 0.352. The van der Waals surface area contributed by atoms with Crippen molar-refractivity contribution in [3.05, 3.63) is 23.9 Å². The van der Waals surface area contributed by atoms with E-state index < -0.39 is 0 Å². The number of rotatable bonds is 1. The van der Waals surface area contributed by atoms with Crippen molar-refractivity contribution < 1.29 is 0 Å². The predicted molar refractivity (Wildman–Crippen MR) is 62.9 cm³/mol. The van der Waals surface area contributed by atoms with E-state index in [1.165, 1.54) is 5.56 Å². The summed E-state index contributed by atoms with van der Waals surface area (Å²) in [4.78, 5) is 6.80. The van der Waals surface area contributed by atoms with Gasteiger partial charge in [0.25, 0.3) is 0 Å². The Hall–Kier alpha value is -1.09. The first-order chi connectivity index (χ1) is 7.18. The van der Waals surface area contributed by atoms with Crippen molar-refractivity contribution in [2.75, 3.05) is 18.0 Å². The molecule has 2 atom stereocenters. The van der Waals surface area contributed by atoms with Crippen LogP contribution < -0.4 is 10.6 Å². The minimum Gasteiger partial charge on any atom is -0.356 e. The Morgan fingerprint density at radius 2 is 2.33 bits per heavy atom. The van der Waals surface area contributed by atoms with Gasteiger partial charge in [-0.05, 0) is 30.9 Å². The smallest absolute Gasteiger partial charge is 0.131 e. The summed E-state index contributed by atoms with van der Waals surface area (Å²) in [6.07, 6.45) is 2.93. The third kappa shape index (κ3) is 2.12. The Balaban J connectivity index is 2.15. The van der Waals surface area contributed by atoms with Gasteiger partial charge in [0, 0.05) is 25.3 Å². The standard InChI is InChI=1S/C12H19N3/c1-9-4-3-6-14-12(9)15-7-5-11(13)10(2)8-15/h3-4,6,10-11H,5,7-8,13H2,1-2H3. The molecular formula is C12H19N3. The summed E-state index contributed by atoms with van der Waals surface area (Å²) in [6.45, 7) is 6.39. The van der Waals surface area contributed by atoms with Crippen LogP contribution in [0.4, 0.5) is 5.82 Å². The first-order valence-electron chi connectivity index (χ1n) is 5.60. The van der Waals surface area contributed by atoms with Crippen LogP contribution in [-0.4, -0.2) is 24.1 Å². The van der Waals surface area contributed by atoms with Crippen LogP contribution in [0.2, 0.25) is 0 Å². The van der Waals surface area contributed by atoms with Crippen LogP contribution >= 0.6 is 0 Å². The summed E-state index contributed by atoms with van der Waals surface area (Å²) in [5.74, 6) is 1.68. The molecule has 1 saturated heterocycles. The normalized spacial score (nSPS) is 26.7. The van der Waals surface area contributed by atoms with Gasteiger partial charge in [0.05, 0.1) is 0 Å². The molecule has 1 aliphatic rings. The first-order valence-corrected chi connectivity index (χ1v) is 5.60. The Kier molecular flexibility index (Phi) is 2.91. The monoisotopic (exact) mass is 205 g/mol. The fourth-order valence-corrected chi connectivity index (χ4v) is 2.16. The van der Waals surface area contributed by atoms with E-state index in [1.54, 1.807) is 0 Å². The van der Waals surface area contributed by atoms with Gasteiger partial charge in [0.1, 0.15) is 5.82 Å². The Labute approximate surface area is 91.3 Å². The van der Waals surface area contributed by atoms with Gasteiger partial charge >= 0.3 is 0 Å². The van der Waals surface area contributed by atoms with Gasteiger partial charge in [0.15, 0.2) is 0 Å². The molecule has 0 bridgehead atoms. The lowest BCUT2D eigenvalue weighted by atomic mass is 9.94. The molecule has 0 saturated carbocycles. The van der Waals surface area contributed by atoms with E-state index in [-0.39, 0.29) is 0 Å². The van der Waals surface area contributed by atoms with Gasteiger partial charge in [0.2, 0.25) is 0 Å². The van der Waals surface area contributed by atoms with Crippen molar-refractivity contribution in [3.8, 4) is 0 Å². The van der Waals surface area contributed by atoms with E-state index in [2.05, 4.69) is 29.8 Å². The molecule has 2 rings (SSSR count). The van der Waals surface area contributed by atoms with Crippen molar-refractivity contribution in [1.29, 1.82) is 0 Å². The summed E-state index contributed by atoms with van der Waals surface area (Å²) >= 11 is 0. The highest BCUT2D eigenvalue weighted by Crippen LogP contribution is 2.22. The summed E-state index contributed by atoms with van der Waals surface area (Å²) in [5, 5.41) is 0. The number of hydrogen-bond acceptors (Lipinski definition) is 3. The van der Waals surface area contributed by atoms with E-state index >= 15 is 0 Å². The molecule has 15 heavy (non-hydrogen) atoms. The molecule has 0 amide bonds. The quantitative estimate of drug-likeness (QED) is 0.756. The SMILES string of the molecule is Cc1cccnc1N1CCC(N)C(C)C1. The van der Waals surface area contributed by atoms with Crippen molar-refractivity contribution in [1.82, 2.24) is 4.98 Å². The van der Waals surface area contributed by atoms with Gasteiger partial charge in [-0.25, -0.2) is 4.98 Å². The van der Waals surface area contributed by atoms with Crippen LogP contribution in [0.25, 0.3) is 0 Å². The Morgan fingerprint density at radius 3 is 3.00 bits per heavy atom. The van der Waals surface area contributed by atoms with Crippen LogP contribution in [0, 0.1) is 12.8 Å². The third-order valence-corrected chi connectivity index (χ3v) is 3.25. The lowest BCUT2D eigenvalue weighted by Crippen LogP contribution is -2.46. The number of piperidine rings is 1. The third-order valence-electron chi connectivity index (χ3n) is 3.25. The van der Waals surface area contributed by atoms with Gasteiger partial charge in [-0.3, -0.25) is 0 Å². The van der Waals surface area contributed by atoms with Gasteiger partial charge < -0.3 is 10.6 Å². The summed E-state index contributed by atoms with van der Waals surface area (Å²) < 4.78 is 0. The number of nitrogens with two attached hydrogens (primary N) is 1. The average molecular weight is 205 g/mol. The van der Waals surface area contributed by atoms with Gasteiger partial charge in [-0.2, -0.15) is 0 Å². The Morgan fingerprint density at radius 1 is 1.53 bits per heavy atom. The number of anilines is 1. The predicted octanol–water partition coefficient (Wildman–Crippen LogP) is 1.56. The van der Waals surface area contributed by atoms with Crippen LogP contribution in [-0.2, 0) is 0 Å². The van der Waals surface area contributed by atoms with E-state index in [1.807, 2.05) is 12.3 Å². The van der Waals surface area contributed by atoms with Crippen LogP contribution in [0.1, 0.15) is 18.9 Å². The van der Waals surface area contributed by atoms with Crippen LogP contribution in [0.5, 0.6) is 0 Å². The highest BCUT2D eigenvalue weighted by Gasteiger charge is 2.24. The zero-order chi connectivity index (χ0) is 10.8. The van der Waals surface area contributed by atoms with E-state index in [0.717, 1.165) is 25.3 Å². The largest absolute Gasteiger partial charge is 0.356 e. The molecule has 0 aliphatic carbocycles. The van der Waals surface area contributed by atoms with Crippen molar-refractivity contribution in [2.45, 2.75) is 26.3 Å². The van der Waals surface area contributed by atoms with E-state index in [0.29, 0.717) is 12.0 Å². The van der Waals surface area contributed by atoms with Crippen molar-refractivity contribution in [2.24, 2.45) is 11.7 Å². The molecule has 1 fully saturated rings.